The summed E-state index contributed by atoms with van der Waals surface area (Å²) in [5, 5.41) is 8.80. The van der Waals surface area contributed by atoms with Crippen LogP contribution in [0.5, 0.6) is 5.75 Å². The lowest BCUT2D eigenvalue weighted by atomic mass is 9.98. The van der Waals surface area contributed by atoms with Gasteiger partial charge in [0.15, 0.2) is 0 Å². The van der Waals surface area contributed by atoms with Gasteiger partial charge in [0.1, 0.15) is 23.2 Å². The Hall–Kier alpha value is -1.21. The number of ether oxygens (including phenoxy) is 1. The molecule has 0 aromatic heterocycles. The number of nitriles is 1. The number of benzene rings is 1. The normalized spacial score (nSPS) is 10.9. The lowest BCUT2D eigenvalue weighted by molar-refractivity contribution is 0.201. The van der Waals surface area contributed by atoms with E-state index in [1.165, 1.54) is 12.1 Å². The molecular weight excluding hydrogens is 225 g/mol. The molecule has 0 aliphatic rings. The number of hydrogen-bond donors (Lipinski definition) is 1. The first-order valence-corrected chi connectivity index (χ1v) is 5.56. The minimum Gasteiger partial charge on any atom is -0.492 e. The zero-order chi connectivity index (χ0) is 12.2. The lowest BCUT2D eigenvalue weighted by Gasteiger charge is -2.22. The van der Waals surface area contributed by atoms with Crippen molar-refractivity contribution in [2.75, 3.05) is 12.4 Å². The molecule has 0 atom stereocenters. The third-order valence-corrected chi connectivity index (χ3v) is 2.99. The van der Waals surface area contributed by atoms with Crippen molar-refractivity contribution < 1.29 is 9.13 Å². The van der Waals surface area contributed by atoms with Gasteiger partial charge < -0.3 is 4.74 Å². The first-order valence-electron chi connectivity index (χ1n) is 4.92. The molecule has 0 amide bonds. The smallest absolute Gasteiger partial charge is 0.144 e. The van der Waals surface area contributed by atoms with Crippen molar-refractivity contribution in [3.63, 3.8) is 0 Å². The van der Waals surface area contributed by atoms with E-state index in [-0.39, 0.29) is 16.7 Å². The summed E-state index contributed by atoms with van der Waals surface area (Å²) in [5.41, 5.74) is -0.153. The Morgan fingerprint density at radius 3 is 2.75 bits per heavy atom. The molecule has 0 radical (unpaired) electrons. The summed E-state index contributed by atoms with van der Waals surface area (Å²) < 4.78 is 18.7. The molecule has 2 nitrogen and oxygen atoms in total. The van der Waals surface area contributed by atoms with E-state index in [0.29, 0.717) is 12.4 Å². The minimum atomic E-state index is -0.552. The maximum Gasteiger partial charge on any atom is 0.144 e. The van der Waals surface area contributed by atoms with E-state index in [0.717, 1.165) is 0 Å². The van der Waals surface area contributed by atoms with Crippen molar-refractivity contribution in [3.05, 3.63) is 29.6 Å². The fraction of sp³-hybridized carbons (Fsp3) is 0.417. The summed E-state index contributed by atoms with van der Waals surface area (Å²) >= 11 is 4.20. The third kappa shape index (κ3) is 3.14. The Balaban J connectivity index is 2.83. The number of nitrogens with zero attached hydrogens (tertiary/aromatic N) is 1. The van der Waals surface area contributed by atoms with Crippen LogP contribution < -0.4 is 4.74 Å². The summed E-state index contributed by atoms with van der Waals surface area (Å²) in [5.74, 6) is 0.394. The van der Waals surface area contributed by atoms with Crippen molar-refractivity contribution in [1.82, 2.24) is 0 Å². The molecule has 0 aliphatic carbocycles. The Labute approximate surface area is 100 Å². The number of rotatable bonds is 4. The van der Waals surface area contributed by atoms with Crippen LogP contribution in [0.1, 0.15) is 19.4 Å². The molecule has 0 N–H and O–H groups in total. The van der Waals surface area contributed by atoms with Crippen molar-refractivity contribution in [3.8, 4) is 11.8 Å². The van der Waals surface area contributed by atoms with Gasteiger partial charge in [-0.15, -0.1) is 0 Å². The Morgan fingerprint density at radius 1 is 1.50 bits per heavy atom. The molecule has 1 aromatic carbocycles. The summed E-state index contributed by atoms with van der Waals surface area (Å²) in [7, 11) is 0. The number of halogens is 1. The molecule has 0 fully saturated rings. The summed E-state index contributed by atoms with van der Waals surface area (Å²) in [6.45, 7) is 4.38. The fourth-order valence-corrected chi connectivity index (χ4v) is 1.14. The van der Waals surface area contributed by atoms with Crippen LogP contribution in [0.2, 0.25) is 0 Å². The molecule has 0 saturated carbocycles. The molecular formula is C12H14FNOS. The van der Waals surface area contributed by atoms with Crippen LogP contribution in [-0.2, 0) is 0 Å². The predicted octanol–water partition coefficient (Wildman–Crippen LogP) is 3.03. The molecule has 0 unspecified atom stereocenters. The van der Waals surface area contributed by atoms with Crippen molar-refractivity contribution in [1.29, 1.82) is 5.26 Å². The van der Waals surface area contributed by atoms with Crippen molar-refractivity contribution in [2.45, 2.75) is 13.8 Å². The maximum absolute atomic E-state index is 13.2. The minimum absolute atomic E-state index is 0.0440. The average Bonchev–Trinajstić information content (AvgIpc) is 2.26. The third-order valence-electron chi connectivity index (χ3n) is 2.13. The van der Waals surface area contributed by atoms with E-state index in [1.54, 1.807) is 12.1 Å². The first kappa shape index (κ1) is 12.9. The summed E-state index contributed by atoms with van der Waals surface area (Å²) in [6, 6.07) is 6.16. The Kier molecular flexibility index (Phi) is 4.19. The second-order valence-corrected chi connectivity index (χ2v) is 4.65. The van der Waals surface area contributed by atoms with Crippen molar-refractivity contribution >= 4 is 12.6 Å². The Bertz CT molecular complexity index is 412. The topological polar surface area (TPSA) is 33.0 Å². The van der Waals surface area contributed by atoms with E-state index >= 15 is 0 Å². The second-order valence-electron chi connectivity index (χ2n) is 4.34. The molecule has 1 rings (SSSR count). The molecule has 1 aromatic rings. The fourth-order valence-electron chi connectivity index (χ4n) is 1.05. The summed E-state index contributed by atoms with van der Waals surface area (Å²) in [6.07, 6.45) is 0. The number of thiol groups is 1. The van der Waals surface area contributed by atoms with Crippen LogP contribution in [-0.4, -0.2) is 12.4 Å². The van der Waals surface area contributed by atoms with Gasteiger partial charge in [0, 0.05) is 5.41 Å². The van der Waals surface area contributed by atoms with Crippen molar-refractivity contribution in [2.24, 2.45) is 5.41 Å². The van der Waals surface area contributed by atoms with Gasteiger partial charge in [0.05, 0.1) is 6.61 Å². The highest BCUT2D eigenvalue weighted by atomic mass is 32.1. The van der Waals surface area contributed by atoms with Crippen LogP contribution in [0.4, 0.5) is 4.39 Å². The van der Waals surface area contributed by atoms with Crippen LogP contribution in [0, 0.1) is 22.6 Å². The van der Waals surface area contributed by atoms with E-state index in [9.17, 15) is 4.39 Å². The van der Waals surface area contributed by atoms with Gasteiger partial charge in [-0.1, -0.05) is 19.9 Å². The molecule has 86 valence electrons. The van der Waals surface area contributed by atoms with Gasteiger partial charge in [-0.2, -0.15) is 17.9 Å². The van der Waals surface area contributed by atoms with Crippen LogP contribution in [0.25, 0.3) is 0 Å². The SMILES string of the molecule is CC(C)(CS)COc1cccc(F)c1C#N. The van der Waals surface area contributed by atoms with E-state index in [4.69, 9.17) is 10.00 Å². The standard InChI is InChI=1S/C12H14FNOS/c1-12(2,8-16)7-15-11-5-3-4-10(13)9(11)6-14/h3-5,16H,7-8H2,1-2H3. The molecule has 0 heterocycles. The van der Waals surface area contributed by atoms with Gasteiger partial charge in [-0.25, -0.2) is 4.39 Å². The first-order chi connectivity index (χ1) is 7.50. The number of hydrogen-bond acceptors (Lipinski definition) is 3. The average molecular weight is 239 g/mol. The van der Waals surface area contributed by atoms with Gasteiger partial charge >= 0.3 is 0 Å². The largest absolute Gasteiger partial charge is 0.492 e. The maximum atomic E-state index is 13.2. The monoisotopic (exact) mass is 239 g/mol. The van der Waals surface area contributed by atoms with Gasteiger partial charge in [0.25, 0.3) is 0 Å². The molecule has 0 bridgehead atoms. The molecule has 0 aliphatic heterocycles. The van der Waals surface area contributed by atoms with E-state index in [1.807, 2.05) is 13.8 Å². The van der Waals surface area contributed by atoms with Gasteiger partial charge in [-0.3, -0.25) is 0 Å². The highest BCUT2D eigenvalue weighted by Crippen LogP contribution is 2.24. The van der Waals surface area contributed by atoms with Crippen LogP contribution in [0.3, 0.4) is 0 Å². The molecule has 0 saturated heterocycles. The van der Waals surface area contributed by atoms with Gasteiger partial charge in [-0.05, 0) is 17.9 Å². The van der Waals surface area contributed by atoms with Crippen LogP contribution in [0.15, 0.2) is 18.2 Å². The van der Waals surface area contributed by atoms with E-state index in [2.05, 4.69) is 12.6 Å². The lowest BCUT2D eigenvalue weighted by Crippen LogP contribution is -2.23. The quantitative estimate of drug-likeness (QED) is 0.819. The second kappa shape index (κ2) is 5.22. The van der Waals surface area contributed by atoms with Gasteiger partial charge in [0.2, 0.25) is 0 Å². The molecule has 0 spiro atoms. The molecule has 16 heavy (non-hydrogen) atoms. The zero-order valence-electron chi connectivity index (χ0n) is 9.33. The molecule has 4 heteroatoms. The Morgan fingerprint density at radius 2 is 2.19 bits per heavy atom. The van der Waals surface area contributed by atoms with E-state index < -0.39 is 5.82 Å². The summed E-state index contributed by atoms with van der Waals surface area (Å²) in [4.78, 5) is 0. The van der Waals surface area contributed by atoms with Crippen LogP contribution >= 0.6 is 12.6 Å². The predicted molar refractivity (Wildman–Crippen MR) is 64.2 cm³/mol. The highest BCUT2D eigenvalue weighted by Gasteiger charge is 2.18. The zero-order valence-corrected chi connectivity index (χ0v) is 10.2. The highest BCUT2D eigenvalue weighted by molar-refractivity contribution is 7.80.